The van der Waals surface area contributed by atoms with Crippen LogP contribution in [0.2, 0.25) is 0 Å². The van der Waals surface area contributed by atoms with Crippen molar-refractivity contribution in [2.45, 2.75) is 45.6 Å². The molecular weight excluding hydrogens is 238 g/mol. The Morgan fingerprint density at radius 3 is 2.89 bits per heavy atom. The van der Waals surface area contributed by atoms with E-state index in [4.69, 9.17) is 0 Å². The Labute approximate surface area is 115 Å². The van der Waals surface area contributed by atoms with Crippen LogP contribution >= 0.6 is 0 Å². The van der Waals surface area contributed by atoms with Crippen LogP contribution in [0.1, 0.15) is 49.9 Å². The number of pyridine rings is 1. The summed E-state index contributed by atoms with van der Waals surface area (Å²) in [6.45, 7) is 4.87. The second-order valence-corrected chi connectivity index (χ2v) is 5.24. The number of aromatic nitrogens is 1. The minimum atomic E-state index is -0.0246. The highest BCUT2D eigenvalue weighted by molar-refractivity contribution is 5.98. The lowest BCUT2D eigenvalue weighted by Gasteiger charge is -2.21. The highest BCUT2D eigenvalue weighted by atomic mass is 16.1. The molecule has 4 nitrogen and oxygen atoms in total. The van der Waals surface area contributed by atoms with E-state index in [1.54, 1.807) is 12.3 Å². The van der Waals surface area contributed by atoms with Gasteiger partial charge in [-0.1, -0.05) is 12.8 Å². The van der Waals surface area contributed by atoms with Crippen LogP contribution in [0.15, 0.2) is 18.3 Å². The van der Waals surface area contributed by atoms with Gasteiger partial charge in [0.05, 0.1) is 5.56 Å². The molecule has 1 saturated carbocycles. The molecule has 1 atom stereocenters. The zero-order valence-corrected chi connectivity index (χ0v) is 11.8. The predicted octanol–water partition coefficient (Wildman–Crippen LogP) is 2.82. The summed E-state index contributed by atoms with van der Waals surface area (Å²) in [6.07, 6.45) is 6.75. The Hall–Kier alpha value is -1.58. The first-order valence-electron chi connectivity index (χ1n) is 7.22. The lowest BCUT2D eigenvalue weighted by molar-refractivity contribution is 0.0927. The van der Waals surface area contributed by atoms with Crippen molar-refractivity contribution in [2.24, 2.45) is 5.92 Å². The Bertz CT molecular complexity index is 427. The van der Waals surface area contributed by atoms with Gasteiger partial charge in [0, 0.05) is 18.8 Å². The molecule has 2 N–H and O–H groups in total. The van der Waals surface area contributed by atoms with Crippen molar-refractivity contribution >= 4 is 11.7 Å². The summed E-state index contributed by atoms with van der Waals surface area (Å²) in [6, 6.07) is 3.86. The van der Waals surface area contributed by atoms with Crippen molar-refractivity contribution in [1.82, 2.24) is 10.3 Å². The Morgan fingerprint density at radius 2 is 2.21 bits per heavy atom. The van der Waals surface area contributed by atoms with E-state index in [-0.39, 0.29) is 11.9 Å². The van der Waals surface area contributed by atoms with Crippen molar-refractivity contribution in [3.8, 4) is 0 Å². The molecule has 104 valence electrons. The van der Waals surface area contributed by atoms with E-state index in [2.05, 4.69) is 22.5 Å². The first kappa shape index (κ1) is 13.8. The fraction of sp³-hybridized carbons (Fsp3) is 0.600. The minimum absolute atomic E-state index is 0.0246. The fourth-order valence-electron chi connectivity index (χ4n) is 2.76. The van der Waals surface area contributed by atoms with Gasteiger partial charge in [-0.3, -0.25) is 4.79 Å². The largest absolute Gasteiger partial charge is 0.370 e. The summed E-state index contributed by atoms with van der Waals surface area (Å²) in [5, 5.41) is 6.25. The molecule has 1 aromatic rings. The molecule has 4 heteroatoms. The van der Waals surface area contributed by atoms with Gasteiger partial charge in [-0.15, -0.1) is 0 Å². The molecule has 0 spiro atoms. The Morgan fingerprint density at radius 1 is 1.47 bits per heavy atom. The van der Waals surface area contributed by atoms with E-state index in [0.717, 1.165) is 6.54 Å². The third kappa shape index (κ3) is 3.46. The maximum absolute atomic E-state index is 12.3. The number of carbonyl (C=O) groups is 1. The molecule has 1 aliphatic carbocycles. The van der Waals surface area contributed by atoms with E-state index in [0.29, 0.717) is 17.3 Å². The molecule has 1 aromatic heterocycles. The molecule has 0 aliphatic heterocycles. The molecule has 2 rings (SSSR count). The predicted molar refractivity (Wildman–Crippen MR) is 77.3 cm³/mol. The number of amides is 1. The summed E-state index contributed by atoms with van der Waals surface area (Å²) in [5.41, 5.74) is 0.634. The highest BCUT2D eigenvalue weighted by Gasteiger charge is 2.23. The molecule has 0 radical (unpaired) electrons. The van der Waals surface area contributed by atoms with Crippen LogP contribution in [0.4, 0.5) is 5.82 Å². The van der Waals surface area contributed by atoms with Gasteiger partial charge < -0.3 is 10.6 Å². The first-order valence-corrected chi connectivity index (χ1v) is 7.22. The molecule has 1 unspecified atom stereocenters. The zero-order chi connectivity index (χ0) is 13.7. The first-order chi connectivity index (χ1) is 9.22. The van der Waals surface area contributed by atoms with E-state index in [1.165, 1.54) is 25.7 Å². The van der Waals surface area contributed by atoms with E-state index >= 15 is 0 Å². The van der Waals surface area contributed by atoms with Crippen LogP contribution in [-0.4, -0.2) is 23.5 Å². The minimum Gasteiger partial charge on any atom is -0.370 e. The second-order valence-electron chi connectivity index (χ2n) is 5.24. The quantitative estimate of drug-likeness (QED) is 0.857. The zero-order valence-electron chi connectivity index (χ0n) is 11.8. The summed E-state index contributed by atoms with van der Waals surface area (Å²) < 4.78 is 0. The van der Waals surface area contributed by atoms with Crippen LogP contribution in [0.25, 0.3) is 0 Å². The third-order valence-electron chi connectivity index (χ3n) is 3.86. The van der Waals surface area contributed by atoms with Gasteiger partial charge in [0.2, 0.25) is 0 Å². The molecule has 1 aliphatic rings. The molecule has 1 amide bonds. The van der Waals surface area contributed by atoms with Crippen molar-refractivity contribution in [3.05, 3.63) is 23.9 Å². The van der Waals surface area contributed by atoms with Crippen LogP contribution < -0.4 is 10.6 Å². The number of hydrogen-bond acceptors (Lipinski definition) is 3. The van der Waals surface area contributed by atoms with E-state index in [1.807, 2.05) is 13.0 Å². The average molecular weight is 261 g/mol. The number of carbonyl (C=O) groups excluding carboxylic acids is 1. The smallest absolute Gasteiger partial charge is 0.255 e. The monoisotopic (exact) mass is 261 g/mol. The maximum atomic E-state index is 12.3. The van der Waals surface area contributed by atoms with Gasteiger partial charge in [0.25, 0.3) is 5.91 Å². The van der Waals surface area contributed by atoms with E-state index in [9.17, 15) is 4.79 Å². The lowest BCUT2D eigenvalue weighted by Crippen LogP contribution is -2.37. The fourth-order valence-corrected chi connectivity index (χ4v) is 2.76. The molecule has 1 fully saturated rings. The topological polar surface area (TPSA) is 54.0 Å². The number of nitrogens with one attached hydrogen (secondary N) is 2. The van der Waals surface area contributed by atoms with Crippen LogP contribution in [0, 0.1) is 5.92 Å². The average Bonchev–Trinajstić information content (AvgIpc) is 2.93. The normalized spacial score (nSPS) is 17.2. The van der Waals surface area contributed by atoms with Crippen molar-refractivity contribution in [3.63, 3.8) is 0 Å². The summed E-state index contributed by atoms with van der Waals surface area (Å²) in [5.74, 6) is 1.27. The number of nitrogens with zero attached hydrogens (tertiary/aromatic N) is 1. The number of rotatable bonds is 5. The van der Waals surface area contributed by atoms with Crippen molar-refractivity contribution < 1.29 is 4.79 Å². The molecule has 0 bridgehead atoms. The Balaban J connectivity index is 2.02. The second kappa shape index (κ2) is 6.55. The molecular formula is C15H23N3O. The van der Waals surface area contributed by atoms with Crippen LogP contribution in [0.3, 0.4) is 0 Å². The number of hydrogen-bond donors (Lipinski definition) is 2. The van der Waals surface area contributed by atoms with Crippen molar-refractivity contribution in [1.29, 1.82) is 0 Å². The summed E-state index contributed by atoms with van der Waals surface area (Å²) >= 11 is 0. The Kier molecular flexibility index (Phi) is 4.77. The van der Waals surface area contributed by atoms with Gasteiger partial charge in [-0.05, 0) is 44.7 Å². The summed E-state index contributed by atoms with van der Waals surface area (Å²) in [4.78, 5) is 16.5. The van der Waals surface area contributed by atoms with Crippen LogP contribution in [0.5, 0.6) is 0 Å². The number of anilines is 1. The molecule has 0 aromatic carbocycles. The van der Waals surface area contributed by atoms with Crippen molar-refractivity contribution in [2.75, 3.05) is 11.9 Å². The highest BCUT2D eigenvalue weighted by Crippen LogP contribution is 2.27. The standard InChI is InChI=1S/C15H23N3O/c1-3-16-14-13(9-6-10-17-14)15(19)18-11(2)12-7-4-5-8-12/h6,9-12H,3-5,7-8H2,1-2H3,(H,16,17)(H,18,19). The SMILES string of the molecule is CCNc1ncccc1C(=O)NC(C)C1CCCC1. The van der Waals surface area contributed by atoms with Gasteiger partial charge in [0.15, 0.2) is 0 Å². The lowest BCUT2D eigenvalue weighted by atomic mass is 9.99. The molecule has 0 saturated heterocycles. The van der Waals surface area contributed by atoms with Gasteiger partial charge >= 0.3 is 0 Å². The van der Waals surface area contributed by atoms with Gasteiger partial charge in [-0.2, -0.15) is 0 Å². The molecule has 1 heterocycles. The van der Waals surface area contributed by atoms with E-state index < -0.39 is 0 Å². The summed E-state index contributed by atoms with van der Waals surface area (Å²) in [7, 11) is 0. The van der Waals surface area contributed by atoms with Gasteiger partial charge in [0.1, 0.15) is 5.82 Å². The molecule has 19 heavy (non-hydrogen) atoms. The maximum Gasteiger partial charge on any atom is 0.255 e. The van der Waals surface area contributed by atoms with Gasteiger partial charge in [-0.25, -0.2) is 4.98 Å². The van der Waals surface area contributed by atoms with Crippen LogP contribution in [-0.2, 0) is 0 Å². The third-order valence-corrected chi connectivity index (χ3v) is 3.86.